The second-order valence-corrected chi connectivity index (χ2v) is 4.59. The van der Waals surface area contributed by atoms with Crippen molar-refractivity contribution in [2.45, 2.75) is 12.3 Å². The molecule has 1 aliphatic heterocycles. The van der Waals surface area contributed by atoms with Crippen LogP contribution in [0.5, 0.6) is 17.2 Å². The van der Waals surface area contributed by atoms with Gasteiger partial charge in [-0.1, -0.05) is 0 Å². The Kier molecular flexibility index (Phi) is 2.59. The van der Waals surface area contributed by atoms with Crippen LogP contribution in [0, 0.1) is 5.92 Å². The van der Waals surface area contributed by atoms with Gasteiger partial charge in [-0.05, 0) is 42.5 Å². The number of methoxy groups -OCH3 is 1. The van der Waals surface area contributed by atoms with Crippen molar-refractivity contribution in [3.8, 4) is 17.2 Å². The standard InChI is InChI=1S/C13H17NO3/c1-15-11-5-8(10-4-9(10)7-14)6-12-13(11)17-3-2-16-12/h5-6,9-10H,2-4,7,14H2,1H3. The van der Waals surface area contributed by atoms with Crippen LogP contribution in [0.1, 0.15) is 17.9 Å². The van der Waals surface area contributed by atoms with Crippen LogP contribution in [-0.2, 0) is 0 Å². The van der Waals surface area contributed by atoms with E-state index in [1.165, 1.54) is 12.0 Å². The molecule has 3 rings (SSSR count). The van der Waals surface area contributed by atoms with Gasteiger partial charge in [0.2, 0.25) is 5.75 Å². The average Bonchev–Trinajstić information content (AvgIpc) is 3.17. The number of rotatable bonds is 3. The van der Waals surface area contributed by atoms with E-state index in [1.807, 2.05) is 6.07 Å². The molecule has 1 aromatic rings. The smallest absolute Gasteiger partial charge is 0.203 e. The molecule has 17 heavy (non-hydrogen) atoms. The number of hydrogen-bond donors (Lipinski definition) is 1. The van der Waals surface area contributed by atoms with E-state index >= 15 is 0 Å². The molecule has 1 fully saturated rings. The first-order chi connectivity index (χ1) is 8.33. The lowest BCUT2D eigenvalue weighted by molar-refractivity contribution is 0.165. The van der Waals surface area contributed by atoms with E-state index in [1.54, 1.807) is 7.11 Å². The van der Waals surface area contributed by atoms with Crippen LogP contribution in [0.4, 0.5) is 0 Å². The zero-order valence-corrected chi connectivity index (χ0v) is 9.94. The Balaban J connectivity index is 1.95. The maximum atomic E-state index is 5.68. The fourth-order valence-electron chi connectivity index (χ4n) is 2.42. The van der Waals surface area contributed by atoms with Crippen molar-refractivity contribution in [1.82, 2.24) is 0 Å². The highest BCUT2D eigenvalue weighted by Gasteiger charge is 2.38. The van der Waals surface area contributed by atoms with E-state index in [9.17, 15) is 0 Å². The van der Waals surface area contributed by atoms with E-state index < -0.39 is 0 Å². The Morgan fingerprint density at radius 3 is 2.88 bits per heavy atom. The maximum Gasteiger partial charge on any atom is 0.203 e. The molecule has 2 unspecified atom stereocenters. The van der Waals surface area contributed by atoms with Gasteiger partial charge in [0.1, 0.15) is 13.2 Å². The van der Waals surface area contributed by atoms with E-state index in [0.29, 0.717) is 25.0 Å². The van der Waals surface area contributed by atoms with Crippen LogP contribution in [-0.4, -0.2) is 26.9 Å². The minimum absolute atomic E-state index is 0.560. The SMILES string of the molecule is COc1cc(C2CC2CN)cc2c1OCCO2. The van der Waals surface area contributed by atoms with Gasteiger partial charge in [-0.25, -0.2) is 0 Å². The van der Waals surface area contributed by atoms with Crippen molar-refractivity contribution >= 4 is 0 Å². The highest BCUT2D eigenvalue weighted by molar-refractivity contribution is 5.55. The number of fused-ring (bicyclic) bond motifs is 1. The molecule has 2 aliphatic rings. The summed E-state index contributed by atoms with van der Waals surface area (Å²) in [7, 11) is 1.66. The van der Waals surface area contributed by atoms with Crippen LogP contribution in [0.3, 0.4) is 0 Å². The molecule has 1 saturated carbocycles. The molecule has 0 amide bonds. The van der Waals surface area contributed by atoms with Crippen molar-refractivity contribution in [3.05, 3.63) is 17.7 Å². The number of hydrogen-bond acceptors (Lipinski definition) is 4. The molecule has 0 radical (unpaired) electrons. The minimum Gasteiger partial charge on any atom is -0.493 e. The van der Waals surface area contributed by atoms with Gasteiger partial charge < -0.3 is 19.9 Å². The summed E-state index contributed by atoms with van der Waals surface area (Å²) in [6.07, 6.45) is 1.17. The maximum absolute atomic E-state index is 5.68. The van der Waals surface area contributed by atoms with E-state index in [-0.39, 0.29) is 0 Å². The van der Waals surface area contributed by atoms with Crippen molar-refractivity contribution < 1.29 is 14.2 Å². The predicted octanol–water partition coefficient (Wildman–Crippen LogP) is 1.53. The quantitative estimate of drug-likeness (QED) is 0.863. The molecule has 1 aromatic carbocycles. The fraction of sp³-hybridized carbons (Fsp3) is 0.538. The predicted molar refractivity (Wildman–Crippen MR) is 63.9 cm³/mol. The molecule has 1 aliphatic carbocycles. The van der Waals surface area contributed by atoms with Gasteiger partial charge in [0, 0.05) is 0 Å². The highest BCUT2D eigenvalue weighted by atomic mass is 16.6. The Hall–Kier alpha value is -1.42. The molecule has 0 aromatic heterocycles. The van der Waals surface area contributed by atoms with E-state index in [4.69, 9.17) is 19.9 Å². The first kappa shape index (κ1) is 10.7. The summed E-state index contributed by atoms with van der Waals surface area (Å²) in [5, 5.41) is 0. The third-order valence-corrected chi connectivity index (χ3v) is 3.50. The lowest BCUT2D eigenvalue weighted by Crippen LogP contribution is -2.16. The van der Waals surface area contributed by atoms with Crippen LogP contribution in [0.2, 0.25) is 0 Å². The normalized spacial score (nSPS) is 25.5. The van der Waals surface area contributed by atoms with Gasteiger partial charge in [-0.2, -0.15) is 0 Å². The minimum atomic E-state index is 0.560. The second-order valence-electron chi connectivity index (χ2n) is 4.59. The molecule has 1 heterocycles. The molecule has 0 bridgehead atoms. The summed E-state index contributed by atoms with van der Waals surface area (Å²) in [6, 6.07) is 4.12. The Morgan fingerprint density at radius 1 is 1.35 bits per heavy atom. The Labute approximate surface area is 101 Å². The summed E-state index contributed by atoms with van der Waals surface area (Å²) in [5.74, 6) is 3.47. The zero-order valence-electron chi connectivity index (χ0n) is 9.94. The fourth-order valence-corrected chi connectivity index (χ4v) is 2.42. The third-order valence-electron chi connectivity index (χ3n) is 3.50. The third kappa shape index (κ3) is 1.82. The molecule has 4 heteroatoms. The van der Waals surface area contributed by atoms with E-state index in [0.717, 1.165) is 23.8 Å². The summed E-state index contributed by atoms with van der Waals surface area (Å²) in [6.45, 7) is 1.93. The second kappa shape index (κ2) is 4.11. The molecule has 2 atom stereocenters. The topological polar surface area (TPSA) is 53.7 Å². The zero-order chi connectivity index (χ0) is 11.8. The summed E-state index contributed by atoms with van der Waals surface area (Å²) >= 11 is 0. The summed E-state index contributed by atoms with van der Waals surface area (Å²) in [4.78, 5) is 0. The van der Waals surface area contributed by atoms with Crippen LogP contribution >= 0.6 is 0 Å². The first-order valence-electron chi connectivity index (χ1n) is 6.01. The number of nitrogens with two attached hydrogens (primary N) is 1. The van der Waals surface area contributed by atoms with Crippen LogP contribution < -0.4 is 19.9 Å². The van der Waals surface area contributed by atoms with Gasteiger partial charge in [-0.3, -0.25) is 0 Å². The van der Waals surface area contributed by atoms with Gasteiger partial charge in [0.15, 0.2) is 11.5 Å². The van der Waals surface area contributed by atoms with Crippen molar-refractivity contribution in [2.24, 2.45) is 11.7 Å². The van der Waals surface area contributed by atoms with Crippen LogP contribution in [0.25, 0.3) is 0 Å². The van der Waals surface area contributed by atoms with Gasteiger partial charge in [-0.15, -0.1) is 0 Å². The molecular weight excluding hydrogens is 218 g/mol. The number of benzene rings is 1. The highest BCUT2D eigenvalue weighted by Crippen LogP contribution is 2.51. The lowest BCUT2D eigenvalue weighted by Gasteiger charge is -2.21. The first-order valence-corrected chi connectivity index (χ1v) is 6.01. The summed E-state index contributed by atoms with van der Waals surface area (Å²) in [5.41, 5.74) is 6.93. The van der Waals surface area contributed by atoms with Crippen molar-refractivity contribution in [1.29, 1.82) is 0 Å². The molecular formula is C13H17NO3. The lowest BCUT2D eigenvalue weighted by atomic mass is 10.1. The number of ether oxygens (including phenoxy) is 3. The summed E-state index contributed by atoms with van der Waals surface area (Å²) < 4.78 is 16.6. The largest absolute Gasteiger partial charge is 0.493 e. The van der Waals surface area contributed by atoms with Gasteiger partial charge in [0.25, 0.3) is 0 Å². The van der Waals surface area contributed by atoms with Crippen LogP contribution in [0.15, 0.2) is 12.1 Å². The van der Waals surface area contributed by atoms with Gasteiger partial charge >= 0.3 is 0 Å². The molecule has 2 N–H and O–H groups in total. The molecule has 0 spiro atoms. The van der Waals surface area contributed by atoms with Crippen molar-refractivity contribution in [3.63, 3.8) is 0 Å². The monoisotopic (exact) mass is 235 g/mol. The molecule has 92 valence electrons. The van der Waals surface area contributed by atoms with Gasteiger partial charge in [0.05, 0.1) is 7.11 Å². The Bertz CT molecular complexity index is 416. The van der Waals surface area contributed by atoms with Crippen molar-refractivity contribution in [2.75, 3.05) is 26.9 Å². The molecule has 0 saturated heterocycles. The Morgan fingerprint density at radius 2 is 2.18 bits per heavy atom. The average molecular weight is 235 g/mol. The molecule has 4 nitrogen and oxygen atoms in total. The van der Waals surface area contributed by atoms with E-state index in [2.05, 4.69) is 6.07 Å².